The standard InChI is InChI=1S/C15H10INO/c16-12-6-4-11(5-7-12)14-9-8-13-3-1-2-10-17(13)15(14)18/h1-10H. The molecule has 3 aromatic rings. The number of fused-ring (bicyclic) bond motifs is 1. The van der Waals surface area contributed by atoms with E-state index in [2.05, 4.69) is 22.6 Å². The maximum Gasteiger partial charge on any atom is 0.262 e. The number of hydrogen-bond acceptors (Lipinski definition) is 1. The molecule has 2 nitrogen and oxygen atoms in total. The molecule has 0 spiro atoms. The Labute approximate surface area is 118 Å². The van der Waals surface area contributed by atoms with Crippen molar-refractivity contribution >= 4 is 28.1 Å². The minimum absolute atomic E-state index is 0.0225. The van der Waals surface area contributed by atoms with Gasteiger partial charge in [0, 0.05) is 20.8 Å². The van der Waals surface area contributed by atoms with E-state index in [1.165, 1.54) is 0 Å². The molecule has 0 unspecified atom stereocenters. The number of hydrogen-bond donors (Lipinski definition) is 0. The van der Waals surface area contributed by atoms with Gasteiger partial charge < -0.3 is 0 Å². The fraction of sp³-hybridized carbons (Fsp3) is 0. The zero-order valence-corrected chi connectivity index (χ0v) is 11.7. The van der Waals surface area contributed by atoms with E-state index in [4.69, 9.17) is 0 Å². The number of benzene rings is 1. The summed E-state index contributed by atoms with van der Waals surface area (Å²) in [6.07, 6.45) is 1.80. The van der Waals surface area contributed by atoms with E-state index in [1.807, 2.05) is 54.6 Å². The lowest BCUT2D eigenvalue weighted by Crippen LogP contribution is -2.14. The summed E-state index contributed by atoms with van der Waals surface area (Å²) in [6.45, 7) is 0. The minimum atomic E-state index is 0.0225. The molecule has 0 aliphatic rings. The second-order valence-electron chi connectivity index (χ2n) is 4.05. The molecule has 0 radical (unpaired) electrons. The van der Waals surface area contributed by atoms with Gasteiger partial charge >= 0.3 is 0 Å². The van der Waals surface area contributed by atoms with Crippen LogP contribution in [0.1, 0.15) is 0 Å². The lowest BCUT2D eigenvalue weighted by molar-refractivity contribution is 1.10. The number of aromatic nitrogens is 1. The Morgan fingerprint density at radius 2 is 1.67 bits per heavy atom. The van der Waals surface area contributed by atoms with E-state index in [-0.39, 0.29) is 5.56 Å². The van der Waals surface area contributed by atoms with Gasteiger partial charge in [-0.05, 0) is 64.6 Å². The molecule has 0 saturated heterocycles. The molecule has 0 aliphatic heterocycles. The molecule has 0 amide bonds. The van der Waals surface area contributed by atoms with Gasteiger partial charge in [0.2, 0.25) is 0 Å². The summed E-state index contributed by atoms with van der Waals surface area (Å²) >= 11 is 2.26. The van der Waals surface area contributed by atoms with Crippen molar-refractivity contribution in [2.75, 3.05) is 0 Å². The molecule has 18 heavy (non-hydrogen) atoms. The highest BCUT2D eigenvalue weighted by molar-refractivity contribution is 14.1. The van der Waals surface area contributed by atoms with Gasteiger partial charge in [0.25, 0.3) is 5.56 Å². The minimum Gasteiger partial charge on any atom is -0.284 e. The highest BCUT2D eigenvalue weighted by Crippen LogP contribution is 2.17. The SMILES string of the molecule is O=c1c(-c2ccc(I)cc2)ccc2ccccn12. The van der Waals surface area contributed by atoms with Gasteiger partial charge in [-0.15, -0.1) is 0 Å². The van der Waals surface area contributed by atoms with Crippen LogP contribution in [-0.2, 0) is 0 Å². The molecule has 0 fully saturated rings. The topological polar surface area (TPSA) is 21.5 Å². The van der Waals surface area contributed by atoms with Gasteiger partial charge in [-0.3, -0.25) is 9.20 Å². The first kappa shape index (κ1) is 11.5. The fourth-order valence-electron chi connectivity index (χ4n) is 2.00. The quantitative estimate of drug-likeness (QED) is 0.617. The van der Waals surface area contributed by atoms with Gasteiger partial charge in [-0.1, -0.05) is 18.2 Å². The molecular weight excluding hydrogens is 337 g/mol. The van der Waals surface area contributed by atoms with Crippen molar-refractivity contribution in [1.82, 2.24) is 4.40 Å². The zero-order chi connectivity index (χ0) is 12.5. The lowest BCUT2D eigenvalue weighted by Gasteiger charge is -2.04. The molecule has 0 aliphatic carbocycles. The summed E-state index contributed by atoms with van der Waals surface area (Å²) in [7, 11) is 0. The number of pyridine rings is 2. The highest BCUT2D eigenvalue weighted by atomic mass is 127. The van der Waals surface area contributed by atoms with Crippen molar-refractivity contribution in [2.45, 2.75) is 0 Å². The predicted molar refractivity (Wildman–Crippen MR) is 81.8 cm³/mol. The van der Waals surface area contributed by atoms with Crippen LogP contribution in [0.4, 0.5) is 0 Å². The molecule has 0 N–H and O–H groups in total. The van der Waals surface area contributed by atoms with Gasteiger partial charge in [0.1, 0.15) is 0 Å². The maximum absolute atomic E-state index is 12.4. The number of nitrogens with zero attached hydrogens (tertiary/aromatic N) is 1. The van der Waals surface area contributed by atoms with Crippen molar-refractivity contribution in [3.63, 3.8) is 0 Å². The first-order chi connectivity index (χ1) is 8.75. The summed E-state index contributed by atoms with van der Waals surface area (Å²) in [5, 5.41) is 0. The first-order valence-corrected chi connectivity index (χ1v) is 6.70. The summed E-state index contributed by atoms with van der Waals surface area (Å²) in [5.74, 6) is 0. The molecular formula is C15H10INO. The van der Waals surface area contributed by atoms with Crippen LogP contribution in [0.2, 0.25) is 0 Å². The maximum atomic E-state index is 12.4. The monoisotopic (exact) mass is 347 g/mol. The van der Waals surface area contributed by atoms with Crippen LogP contribution in [0.3, 0.4) is 0 Å². The van der Waals surface area contributed by atoms with Gasteiger partial charge in [-0.25, -0.2) is 0 Å². The van der Waals surface area contributed by atoms with E-state index >= 15 is 0 Å². The molecule has 1 aromatic carbocycles. The molecule has 88 valence electrons. The van der Waals surface area contributed by atoms with Crippen molar-refractivity contribution in [2.24, 2.45) is 0 Å². The lowest BCUT2D eigenvalue weighted by atomic mass is 10.1. The second-order valence-corrected chi connectivity index (χ2v) is 5.30. The van der Waals surface area contributed by atoms with Gasteiger partial charge in [-0.2, -0.15) is 0 Å². The van der Waals surface area contributed by atoms with Crippen molar-refractivity contribution < 1.29 is 0 Å². The molecule has 3 heteroatoms. The summed E-state index contributed by atoms with van der Waals surface area (Å²) in [6, 6.07) is 17.6. The van der Waals surface area contributed by atoms with Crippen LogP contribution in [0.5, 0.6) is 0 Å². The van der Waals surface area contributed by atoms with E-state index in [0.29, 0.717) is 0 Å². The van der Waals surface area contributed by atoms with Crippen molar-refractivity contribution in [3.05, 3.63) is 74.7 Å². The van der Waals surface area contributed by atoms with Crippen LogP contribution >= 0.6 is 22.6 Å². The normalized spacial score (nSPS) is 10.7. The Morgan fingerprint density at radius 3 is 2.44 bits per heavy atom. The Balaban J connectivity index is 2.27. The fourth-order valence-corrected chi connectivity index (χ4v) is 2.36. The largest absolute Gasteiger partial charge is 0.284 e. The molecule has 3 rings (SSSR count). The van der Waals surface area contributed by atoms with E-state index in [0.717, 1.165) is 20.2 Å². The second kappa shape index (κ2) is 4.57. The van der Waals surface area contributed by atoms with E-state index < -0.39 is 0 Å². The first-order valence-electron chi connectivity index (χ1n) is 5.62. The molecule has 0 bridgehead atoms. The molecule has 2 aromatic heterocycles. The van der Waals surface area contributed by atoms with Crippen LogP contribution in [0.15, 0.2) is 65.6 Å². The van der Waals surface area contributed by atoms with Crippen molar-refractivity contribution in [1.29, 1.82) is 0 Å². The third kappa shape index (κ3) is 1.95. The summed E-state index contributed by atoms with van der Waals surface area (Å²) in [4.78, 5) is 12.4. The molecule has 0 atom stereocenters. The third-order valence-corrected chi connectivity index (χ3v) is 3.64. The van der Waals surface area contributed by atoms with Crippen LogP contribution < -0.4 is 5.56 Å². The summed E-state index contributed by atoms with van der Waals surface area (Å²) in [5.41, 5.74) is 2.62. The Morgan fingerprint density at radius 1 is 0.889 bits per heavy atom. The number of halogens is 1. The van der Waals surface area contributed by atoms with Crippen LogP contribution in [0, 0.1) is 3.57 Å². The van der Waals surface area contributed by atoms with Crippen molar-refractivity contribution in [3.8, 4) is 11.1 Å². The van der Waals surface area contributed by atoms with Gasteiger partial charge in [0.05, 0.1) is 0 Å². The Kier molecular flexibility index (Phi) is 2.91. The zero-order valence-electron chi connectivity index (χ0n) is 9.51. The average Bonchev–Trinajstić information content (AvgIpc) is 2.41. The average molecular weight is 347 g/mol. The molecule has 2 heterocycles. The smallest absolute Gasteiger partial charge is 0.262 e. The van der Waals surface area contributed by atoms with Crippen LogP contribution in [-0.4, -0.2) is 4.40 Å². The van der Waals surface area contributed by atoms with E-state index in [1.54, 1.807) is 10.6 Å². The predicted octanol–water partition coefficient (Wildman–Crippen LogP) is 3.57. The summed E-state index contributed by atoms with van der Waals surface area (Å²) < 4.78 is 2.84. The number of rotatable bonds is 1. The van der Waals surface area contributed by atoms with Gasteiger partial charge in [0.15, 0.2) is 0 Å². The highest BCUT2D eigenvalue weighted by Gasteiger charge is 2.05. The van der Waals surface area contributed by atoms with E-state index in [9.17, 15) is 4.79 Å². The Bertz CT molecular complexity index is 759. The van der Waals surface area contributed by atoms with Crippen LogP contribution in [0.25, 0.3) is 16.6 Å². The Hall–Kier alpha value is -1.62. The molecule has 0 saturated carbocycles. The third-order valence-electron chi connectivity index (χ3n) is 2.92.